The molecule has 10 heteroatoms. The first kappa shape index (κ1) is 22.7. The van der Waals surface area contributed by atoms with Crippen molar-refractivity contribution in [3.63, 3.8) is 0 Å². The van der Waals surface area contributed by atoms with Gasteiger partial charge in [0.1, 0.15) is 17.0 Å². The van der Waals surface area contributed by atoms with Crippen LogP contribution in [0.25, 0.3) is 22.4 Å². The van der Waals surface area contributed by atoms with Crippen LogP contribution in [0.1, 0.15) is 11.1 Å². The number of fused-ring (bicyclic) bond motifs is 3. The number of benzene rings is 2. The van der Waals surface area contributed by atoms with Crippen molar-refractivity contribution >= 4 is 34.5 Å². The van der Waals surface area contributed by atoms with E-state index in [9.17, 15) is 4.79 Å². The summed E-state index contributed by atoms with van der Waals surface area (Å²) in [4.78, 5) is 12.6. The summed E-state index contributed by atoms with van der Waals surface area (Å²) < 4.78 is 14.2. The molecule has 0 aliphatic heterocycles. The van der Waals surface area contributed by atoms with Crippen molar-refractivity contribution < 1.29 is 14.3 Å². The number of anilines is 1. The van der Waals surface area contributed by atoms with Gasteiger partial charge in [-0.1, -0.05) is 29.5 Å². The Morgan fingerprint density at radius 1 is 1.03 bits per heavy atom. The van der Waals surface area contributed by atoms with Crippen LogP contribution in [0.15, 0.2) is 60.0 Å². The van der Waals surface area contributed by atoms with Crippen LogP contribution in [0.2, 0.25) is 0 Å². The molecule has 0 radical (unpaired) electrons. The fourth-order valence-corrected chi connectivity index (χ4v) is 4.58. The van der Waals surface area contributed by atoms with Crippen LogP contribution in [0.3, 0.4) is 0 Å². The summed E-state index contributed by atoms with van der Waals surface area (Å²) in [6.07, 6.45) is 3.72. The van der Waals surface area contributed by atoms with E-state index in [1.165, 1.54) is 17.3 Å². The molecule has 0 saturated carbocycles. The molecule has 0 atom stereocenters. The number of nitrogens with zero attached hydrogens (tertiary/aromatic N) is 5. The standard InChI is InChI=1S/C25H24N6O3S/c1-15-5-6-16(2)18(11-15)19-13-21-24-27-28-25(30(24)9-10-31(21)29-19)35-14-23(32)26-20-12-17(33-3)7-8-22(20)34-4/h5-13H,14H2,1-4H3,(H,26,32). The van der Waals surface area contributed by atoms with Crippen LogP contribution in [0.4, 0.5) is 5.69 Å². The summed E-state index contributed by atoms with van der Waals surface area (Å²) in [7, 11) is 3.12. The number of amides is 1. The fourth-order valence-electron chi connectivity index (χ4n) is 3.86. The van der Waals surface area contributed by atoms with Crippen LogP contribution in [0.5, 0.6) is 11.5 Å². The summed E-state index contributed by atoms with van der Waals surface area (Å²) in [6.45, 7) is 4.14. The van der Waals surface area contributed by atoms with E-state index in [0.29, 0.717) is 28.0 Å². The fraction of sp³-hybridized carbons (Fsp3) is 0.200. The summed E-state index contributed by atoms with van der Waals surface area (Å²) >= 11 is 1.30. The van der Waals surface area contributed by atoms with E-state index in [4.69, 9.17) is 14.6 Å². The van der Waals surface area contributed by atoms with Crippen molar-refractivity contribution in [2.24, 2.45) is 0 Å². The topological polar surface area (TPSA) is 95.0 Å². The quantitative estimate of drug-likeness (QED) is 0.339. The number of carbonyl (C=O) groups excluding carboxylic acids is 1. The SMILES string of the molecule is COc1ccc(OC)c(NC(=O)CSc2nnc3c4cc(-c5cc(C)ccc5C)nn4ccn23)c1. The summed E-state index contributed by atoms with van der Waals surface area (Å²) in [5, 5.41) is 16.9. The second-order valence-corrected chi connectivity index (χ2v) is 9.00. The molecular formula is C25H24N6O3S. The molecule has 0 bridgehead atoms. The van der Waals surface area contributed by atoms with Crippen molar-refractivity contribution in [2.75, 3.05) is 25.3 Å². The van der Waals surface area contributed by atoms with Crippen molar-refractivity contribution in [1.29, 1.82) is 0 Å². The van der Waals surface area contributed by atoms with Crippen LogP contribution >= 0.6 is 11.8 Å². The van der Waals surface area contributed by atoms with Crippen LogP contribution in [-0.2, 0) is 4.79 Å². The molecule has 5 aromatic rings. The van der Waals surface area contributed by atoms with E-state index < -0.39 is 0 Å². The third-order valence-electron chi connectivity index (χ3n) is 5.67. The second kappa shape index (κ2) is 9.30. The van der Waals surface area contributed by atoms with Gasteiger partial charge in [-0.2, -0.15) is 5.10 Å². The molecule has 1 N–H and O–H groups in total. The maximum absolute atomic E-state index is 12.6. The van der Waals surface area contributed by atoms with Gasteiger partial charge in [-0.15, -0.1) is 10.2 Å². The highest BCUT2D eigenvalue weighted by atomic mass is 32.2. The number of aromatic nitrogens is 5. The van der Waals surface area contributed by atoms with Gasteiger partial charge in [0.2, 0.25) is 5.91 Å². The number of hydrogen-bond donors (Lipinski definition) is 1. The van der Waals surface area contributed by atoms with Crippen molar-refractivity contribution in [3.05, 3.63) is 66.0 Å². The minimum absolute atomic E-state index is 0.152. The number of nitrogens with one attached hydrogen (secondary N) is 1. The average molecular weight is 489 g/mol. The van der Waals surface area contributed by atoms with E-state index in [-0.39, 0.29) is 11.7 Å². The Morgan fingerprint density at radius 2 is 1.89 bits per heavy atom. The van der Waals surface area contributed by atoms with Gasteiger partial charge in [-0.05, 0) is 43.7 Å². The van der Waals surface area contributed by atoms with Crippen LogP contribution in [0, 0.1) is 13.8 Å². The van der Waals surface area contributed by atoms with Crippen molar-refractivity contribution in [1.82, 2.24) is 24.2 Å². The largest absolute Gasteiger partial charge is 0.497 e. The third kappa shape index (κ3) is 4.40. The predicted molar refractivity (Wildman–Crippen MR) is 136 cm³/mol. The molecule has 0 saturated heterocycles. The minimum atomic E-state index is -0.194. The van der Waals surface area contributed by atoms with E-state index in [1.807, 2.05) is 22.9 Å². The predicted octanol–water partition coefficient (Wildman–Crippen LogP) is 4.41. The molecule has 178 valence electrons. The molecule has 5 rings (SSSR count). The zero-order valence-electron chi connectivity index (χ0n) is 19.8. The minimum Gasteiger partial charge on any atom is -0.497 e. The molecule has 3 aromatic heterocycles. The Hall–Kier alpha value is -4.05. The molecule has 2 aromatic carbocycles. The lowest BCUT2D eigenvalue weighted by Gasteiger charge is -2.11. The Balaban J connectivity index is 1.37. The van der Waals surface area contributed by atoms with E-state index in [2.05, 4.69) is 47.6 Å². The second-order valence-electron chi connectivity index (χ2n) is 8.06. The lowest BCUT2D eigenvalue weighted by molar-refractivity contribution is -0.113. The number of methoxy groups -OCH3 is 2. The third-order valence-corrected chi connectivity index (χ3v) is 6.61. The lowest BCUT2D eigenvalue weighted by atomic mass is 10.0. The smallest absolute Gasteiger partial charge is 0.234 e. The van der Waals surface area contributed by atoms with E-state index in [1.54, 1.807) is 36.9 Å². The number of ether oxygens (including phenoxy) is 2. The van der Waals surface area contributed by atoms with Gasteiger partial charge >= 0.3 is 0 Å². The van der Waals surface area contributed by atoms with Crippen LogP contribution < -0.4 is 14.8 Å². The Labute approximate surface area is 206 Å². The average Bonchev–Trinajstić information content (AvgIpc) is 3.48. The monoisotopic (exact) mass is 488 g/mol. The summed E-state index contributed by atoms with van der Waals surface area (Å²) in [5.41, 5.74) is 6.37. The van der Waals surface area contributed by atoms with Gasteiger partial charge in [0.25, 0.3) is 0 Å². The Kier molecular flexibility index (Phi) is 6.04. The molecule has 0 unspecified atom stereocenters. The van der Waals surface area contributed by atoms with Gasteiger partial charge in [0, 0.05) is 24.0 Å². The van der Waals surface area contributed by atoms with Crippen LogP contribution in [-0.4, -0.2) is 50.1 Å². The number of aryl methyl sites for hydroxylation is 2. The van der Waals surface area contributed by atoms with E-state index in [0.717, 1.165) is 22.3 Å². The van der Waals surface area contributed by atoms with Gasteiger partial charge in [0.05, 0.1) is 31.4 Å². The number of thioether (sulfide) groups is 1. The molecule has 0 spiro atoms. The molecule has 0 fully saturated rings. The van der Waals surface area contributed by atoms with Gasteiger partial charge in [0.15, 0.2) is 10.8 Å². The molecule has 0 aliphatic carbocycles. The highest BCUT2D eigenvalue weighted by Gasteiger charge is 2.16. The maximum Gasteiger partial charge on any atom is 0.234 e. The maximum atomic E-state index is 12.6. The first-order valence-electron chi connectivity index (χ1n) is 10.9. The Bertz CT molecular complexity index is 1560. The number of carbonyl (C=O) groups is 1. The molecule has 3 heterocycles. The molecular weight excluding hydrogens is 464 g/mol. The zero-order chi connectivity index (χ0) is 24.5. The Morgan fingerprint density at radius 3 is 2.69 bits per heavy atom. The molecule has 35 heavy (non-hydrogen) atoms. The molecule has 9 nitrogen and oxygen atoms in total. The molecule has 1 amide bonds. The first-order chi connectivity index (χ1) is 17.0. The zero-order valence-corrected chi connectivity index (χ0v) is 20.6. The number of rotatable bonds is 7. The van der Waals surface area contributed by atoms with E-state index >= 15 is 0 Å². The van der Waals surface area contributed by atoms with Gasteiger partial charge in [-0.25, -0.2) is 4.52 Å². The van der Waals surface area contributed by atoms with Crippen molar-refractivity contribution in [3.8, 4) is 22.8 Å². The number of hydrogen-bond acceptors (Lipinski definition) is 7. The van der Waals surface area contributed by atoms with Gasteiger partial charge in [-0.3, -0.25) is 9.20 Å². The highest BCUT2D eigenvalue weighted by molar-refractivity contribution is 7.99. The molecule has 0 aliphatic rings. The lowest BCUT2D eigenvalue weighted by Crippen LogP contribution is -2.15. The van der Waals surface area contributed by atoms with Crippen molar-refractivity contribution in [2.45, 2.75) is 19.0 Å². The summed E-state index contributed by atoms with van der Waals surface area (Å²) in [5.74, 6) is 1.14. The normalized spacial score (nSPS) is 11.2. The van der Waals surface area contributed by atoms with Gasteiger partial charge < -0.3 is 14.8 Å². The summed E-state index contributed by atoms with van der Waals surface area (Å²) in [6, 6.07) is 13.6. The first-order valence-corrected chi connectivity index (χ1v) is 11.9. The highest BCUT2D eigenvalue weighted by Crippen LogP contribution is 2.30.